The molecule has 214 valence electrons. The van der Waals surface area contributed by atoms with Gasteiger partial charge in [-0.15, -0.1) is 11.3 Å². The molecule has 5 rings (SSSR count). The Morgan fingerprint density at radius 2 is 2.00 bits per heavy atom. The molecule has 3 amide bonds. The maximum absolute atomic E-state index is 13.8. The quantitative estimate of drug-likeness (QED) is 0.393. The van der Waals surface area contributed by atoms with Crippen molar-refractivity contribution in [1.82, 2.24) is 25.5 Å². The van der Waals surface area contributed by atoms with Crippen LogP contribution in [-0.2, 0) is 20.9 Å². The van der Waals surface area contributed by atoms with Crippen LogP contribution in [0.2, 0.25) is 0 Å². The lowest BCUT2D eigenvalue weighted by atomic mass is 9.85. The van der Waals surface area contributed by atoms with Gasteiger partial charge in [0.2, 0.25) is 17.7 Å². The number of aliphatic hydroxyl groups excluding tert-OH is 1. The standard InChI is InChI=1S/C30H34N6O4S/c1-17-24(41-16-34-17)21-8-7-18(23-20(21)6-5-11-32-23)13-33-26(38)22-12-19(37)14-36(22)27(39)25(29(2,3)4)35-28(40)30(15-31)9-10-30/h5-8,11,16,19,22,25,37H,9-10,12-14H2,1-4H3,(H,33,38)(H,35,40)/t19-,22+,25-/m1/s1. The van der Waals surface area contributed by atoms with Crippen LogP contribution in [-0.4, -0.2) is 62.4 Å². The highest BCUT2D eigenvalue weighted by atomic mass is 32.1. The van der Waals surface area contributed by atoms with Crippen molar-refractivity contribution < 1.29 is 19.5 Å². The number of aliphatic hydroxyl groups is 1. The van der Waals surface area contributed by atoms with Gasteiger partial charge in [-0.05, 0) is 36.8 Å². The van der Waals surface area contributed by atoms with Gasteiger partial charge in [-0.2, -0.15) is 5.26 Å². The van der Waals surface area contributed by atoms with Crippen molar-refractivity contribution in [2.75, 3.05) is 6.54 Å². The van der Waals surface area contributed by atoms with Crippen LogP contribution in [0, 0.1) is 29.1 Å². The van der Waals surface area contributed by atoms with Crippen LogP contribution in [0.4, 0.5) is 0 Å². The fourth-order valence-corrected chi connectivity index (χ4v) is 6.18. The highest BCUT2D eigenvalue weighted by Gasteiger charge is 2.53. The Bertz CT molecular complexity index is 1550. The van der Waals surface area contributed by atoms with E-state index in [1.54, 1.807) is 17.5 Å². The predicted octanol–water partition coefficient (Wildman–Crippen LogP) is 3.08. The van der Waals surface area contributed by atoms with Crippen LogP contribution in [0.15, 0.2) is 36.0 Å². The van der Waals surface area contributed by atoms with E-state index in [-0.39, 0.29) is 19.5 Å². The highest BCUT2D eigenvalue weighted by Crippen LogP contribution is 2.45. The molecule has 2 fully saturated rings. The van der Waals surface area contributed by atoms with Gasteiger partial charge < -0.3 is 20.6 Å². The second-order valence-corrected chi connectivity index (χ2v) is 12.9. The zero-order valence-electron chi connectivity index (χ0n) is 23.6. The Kier molecular flexibility index (Phi) is 7.57. The number of carbonyl (C=O) groups excluding carboxylic acids is 3. The summed E-state index contributed by atoms with van der Waals surface area (Å²) in [5.74, 6) is -1.31. The van der Waals surface area contributed by atoms with Gasteiger partial charge in [0.05, 0.1) is 33.8 Å². The summed E-state index contributed by atoms with van der Waals surface area (Å²) < 4.78 is 0. The van der Waals surface area contributed by atoms with Crippen molar-refractivity contribution in [2.24, 2.45) is 10.8 Å². The number of thiazole rings is 1. The number of aryl methyl sites for hydroxylation is 1. The first kappa shape index (κ1) is 28.6. The first-order valence-electron chi connectivity index (χ1n) is 13.7. The Balaban J connectivity index is 1.34. The molecule has 3 aromatic rings. The van der Waals surface area contributed by atoms with Crippen LogP contribution in [0.1, 0.15) is 51.3 Å². The van der Waals surface area contributed by atoms with E-state index in [4.69, 9.17) is 0 Å². The number of rotatable bonds is 7. The highest BCUT2D eigenvalue weighted by molar-refractivity contribution is 7.13. The molecule has 10 nitrogen and oxygen atoms in total. The molecule has 3 atom stereocenters. The maximum Gasteiger partial charge on any atom is 0.246 e. The Labute approximate surface area is 242 Å². The monoisotopic (exact) mass is 574 g/mol. The number of pyridine rings is 1. The number of fused-ring (bicyclic) bond motifs is 1. The summed E-state index contributed by atoms with van der Waals surface area (Å²) in [6, 6.07) is 8.01. The summed E-state index contributed by atoms with van der Waals surface area (Å²) in [4.78, 5) is 51.5. The van der Waals surface area contributed by atoms with Crippen molar-refractivity contribution in [1.29, 1.82) is 5.26 Å². The molecule has 0 unspecified atom stereocenters. The molecule has 41 heavy (non-hydrogen) atoms. The Morgan fingerprint density at radius 1 is 1.24 bits per heavy atom. The average Bonchev–Trinajstić information content (AvgIpc) is 3.49. The normalized spacial score (nSPS) is 20.3. The van der Waals surface area contributed by atoms with Crippen LogP contribution in [0.25, 0.3) is 21.3 Å². The molecule has 1 saturated heterocycles. The van der Waals surface area contributed by atoms with Crippen molar-refractivity contribution in [2.45, 2.75) is 71.7 Å². The van der Waals surface area contributed by atoms with E-state index in [1.807, 2.05) is 57.5 Å². The minimum absolute atomic E-state index is 0.0177. The number of hydrogen-bond acceptors (Lipinski definition) is 8. The van der Waals surface area contributed by atoms with E-state index in [9.17, 15) is 24.8 Å². The van der Waals surface area contributed by atoms with Crippen LogP contribution in [0.3, 0.4) is 0 Å². The number of nitrogens with zero attached hydrogens (tertiary/aromatic N) is 4. The molecule has 2 aliphatic rings. The van der Waals surface area contributed by atoms with Crippen molar-refractivity contribution in [3.8, 4) is 16.5 Å². The fourth-order valence-electron chi connectivity index (χ4n) is 5.34. The SMILES string of the molecule is Cc1ncsc1-c1ccc(CNC(=O)[C@@H]2C[C@@H](O)CN2C(=O)[C@@H](NC(=O)C2(C#N)CC2)C(C)(C)C)c2ncccc12. The zero-order valence-corrected chi connectivity index (χ0v) is 24.4. The molecule has 1 aliphatic carbocycles. The van der Waals surface area contributed by atoms with Gasteiger partial charge in [0.25, 0.3) is 0 Å². The minimum Gasteiger partial charge on any atom is -0.391 e. The van der Waals surface area contributed by atoms with Gasteiger partial charge in [-0.25, -0.2) is 4.98 Å². The third kappa shape index (κ3) is 5.54. The van der Waals surface area contributed by atoms with Crippen LogP contribution in [0.5, 0.6) is 0 Å². The van der Waals surface area contributed by atoms with E-state index in [0.717, 1.165) is 32.6 Å². The second-order valence-electron chi connectivity index (χ2n) is 12.0. The number of likely N-dealkylation sites (tertiary alicyclic amines) is 1. The summed E-state index contributed by atoms with van der Waals surface area (Å²) >= 11 is 1.56. The number of β-amino-alcohol motifs (C(OH)–C–C–N with tert-alkyl or cyclic N) is 1. The van der Waals surface area contributed by atoms with Gasteiger partial charge in [0.15, 0.2) is 0 Å². The lowest BCUT2D eigenvalue weighted by molar-refractivity contribution is -0.144. The van der Waals surface area contributed by atoms with E-state index in [1.165, 1.54) is 4.90 Å². The summed E-state index contributed by atoms with van der Waals surface area (Å²) in [6.07, 6.45) is 1.85. The van der Waals surface area contributed by atoms with Crippen molar-refractivity contribution in [3.63, 3.8) is 0 Å². The van der Waals surface area contributed by atoms with E-state index < -0.39 is 46.7 Å². The van der Waals surface area contributed by atoms with E-state index in [0.29, 0.717) is 12.8 Å². The second kappa shape index (κ2) is 10.8. The number of amides is 3. The first-order valence-corrected chi connectivity index (χ1v) is 14.6. The molecule has 0 bridgehead atoms. The summed E-state index contributed by atoms with van der Waals surface area (Å²) in [7, 11) is 0. The smallest absolute Gasteiger partial charge is 0.246 e. The maximum atomic E-state index is 13.8. The molecule has 3 N–H and O–H groups in total. The fraction of sp³-hybridized carbons (Fsp3) is 0.467. The molecular formula is C30H34N6O4S. The number of aromatic nitrogens is 2. The molecule has 2 aromatic heterocycles. The summed E-state index contributed by atoms with van der Waals surface area (Å²) in [5.41, 5.74) is 3.59. The van der Waals surface area contributed by atoms with Crippen LogP contribution < -0.4 is 10.6 Å². The molecule has 0 radical (unpaired) electrons. The Hall–Kier alpha value is -3.88. The molecule has 1 aliphatic heterocycles. The molecule has 11 heteroatoms. The molecule has 0 spiro atoms. The zero-order chi connectivity index (χ0) is 29.5. The molecular weight excluding hydrogens is 540 g/mol. The average molecular weight is 575 g/mol. The minimum atomic E-state index is -1.09. The van der Waals surface area contributed by atoms with Gasteiger partial charge >= 0.3 is 0 Å². The van der Waals surface area contributed by atoms with Gasteiger partial charge in [-0.1, -0.05) is 39.0 Å². The molecule has 3 heterocycles. The molecule has 1 aromatic carbocycles. The third-order valence-corrected chi connectivity index (χ3v) is 8.91. The number of carbonyl (C=O) groups is 3. The first-order chi connectivity index (χ1) is 19.4. The number of hydrogen-bond donors (Lipinski definition) is 3. The number of nitriles is 1. The lowest BCUT2D eigenvalue weighted by Gasteiger charge is -2.35. The summed E-state index contributed by atoms with van der Waals surface area (Å²) in [6.45, 7) is 7.59. The number of nitrogens with one attached hydrogen (secondary N) is 2. The third-order valence-electron chi connectivity index (χ3n) is 7.95. The number of benzene rings is 1. The van der Waals surface area contributed by atoms with Crippen molar-refractivity contribution >= 4 is 40.0 Å². The largest absolute Gasteiger partial charge is 0.391 e. The Morgan fingerprint density at radius 3 is 2.63 bits per heavy atom. The molecule has 1 saturated carbocycles. The van der Waals surface area contributed by atoms with Crippen LogP contribution >= 0.6 is 11.3 Å². The van der Waals surface area contributed by atoms with E-state index in [2.05, 4.69) is 26.7 Å². The van der Waals surface area contributed by atoms with Gasteiger partial charge in [-0.3, -0.25) is 19.4 Å². The van der Waals surface area contributed by atoms with Gasteiger partial charge in [0.1, 0.15) is 17.5 Å². The predicted molar refractivity (Wildman–Crippen MR) is 154 cm³/mol. The topological polar surface area (TPSA) is 148 Å². The van der Waals surface area contributed by atoms with Gasteiger partial charge in [0, 0.05) is 36.7 Å². The van der Waals surface area contributed by atoms with Crippen molar-refractivity contribution in [3.05, 3.63) is 47.2 Å². The lowest BCUT2D eigenvalue weighted by Crippen LogP contribution is -2.58. The van der Waals surface area contributed by atoms with E-state index >= 15 is 0 Å². The summed E-state index contributed by atoms with van der Waals surface area (Å²) in [5, 5.41) is 26.6.